The zero-order valence-electron chi connectivity index (χ0n) is 10.5. The van der Waals surface area contributed by atoms with Crippen LogP contribution in [-0.2, 0) is 6.42 Å². The second-order valence-electron chi connectivity index (χ2n) is 4.68. The molecule has 1 aromatic rings. The zero-order chi connectivity index (χ0) is 11.9. The van der Waals surface area contributed by atoms with Crippen molar-refractivity contribution in [1.29, 1.82) is 0 Å². The third-order valence-electron chi connectivity index (χ3n) is 3.36. The molecule has 1 unspecified atom stereocenters. The summed E-state index contributed by atoms with van der Waals surface area (Å²) in [5.41, 5.74) is 0. The van der Waals surface area contributed by atoms with Crippen molar-refractivity contribution in [3.63, 3.8) is 0 Å². The molecule has 0 radical (unpaired) electrons. The molecule has 2 nitrogen and oxygen atoms in total. The molecule has 1 atom stereocenters. The van der Waals surface area contributed by atoms with E-state index in [1.165, 1.54) is 35.8 Å². The SMILES string of the molecule is CCNC(Cc1nccs1)CC1CCSCC1. The van der Waals surface area contributed by atoms with E-state index in [-0.39, 0.29) is 0 Å². The molecule has 17 heavy (non-hydrogen) atoms. The summed E-state index contributed by atoms with van der Waals surface area (Å²) in [5, 5.41) is 6.99. The molecule has 1 aliphatic heterocycles. The summed E-state index contributed by atoms with van der Waals surface area (Å²) < 4.78 is 0. The van der Waals surface area contributed by atoms with E-state index >= 15 is 0 Å². The summed E-state index contributed by atoms with van der Waals surface area (Å²) in [6.45, 7) is 3.27. The largest absolute Gasteiger partial charge is 0.314 e. The monoisotopic (exact) mass is 270 g/mol. The number of hydrogen-bond acceptors (Lipinski definition) is 4. The van der Waals surface area contributed by atoms with E-state index in [2.05, 4.69) is 34.4 Å². The van der Waals surface area contributed by atoms with Crippen LogP contribution >= 0.6 is 23.1 Å². The number of rotatable bonds is 6. The van der Waals surface area contributed by atoms with Gasteiger partial charge in [-0.25, -0.2) is 4.98 Å². The van der Waals surface area contributed by atoms with Crippen molar-refractivity contribution >= 4 is 23.1 Å². The summed E-state index contributed by atoms with van der Waals surface area (Å²) in [5.74, 6) is 3.65. The van der Waals surface area contributed by atoms with Gasteiger partial charge in [-0.2, -0.15) is 11.8 Å². The van der Waals surface area contributed by atoms with Gasteiger partial charge in [0.2, 0.25) is 0 Å². The molecule has 1 saturated heterocycles. The van der Waals surface area contributed by atoms with Crippen LogP contribution in [-0.4, -0.2) is 29.1 Å². The first-order chi connectivity index (χ1) is 8.38. The van der Waals surface area contributed by atoms with Crippen LogP contribution in [0.3, 0.4) is 0 Å². The average molecular weight is 270 g/mol. The van der Waals surface area contributed by atoms with Crippen LogP contribution < -0.4 is 5.32 Å². The second kappa shape index (κ2) is 7.39. The molecular formula is C13H22N2S2. The lowest BCUT2D eigenvalue weighted by molar-refractivity contribution is 0.366. The van der Waals surface area contributed by atoms with Gasteiger partial charge < -0.3 is 5.32 Å². The van der Waals surface area contributed by atoms with Crippen LogP contribution in [0.2, 0.25) is 0 Å². The normalized spacial score (nSPS) is 19.4. The van der Waals surface area contributed by atoms with Crippen molar-refractivity contribution in [1.82, 2.24) is 10.3 Å². The van der Waals surface area contributed by atoms with Gasteiger partial charge in [0, 0.05) is 24.0 Å². The molecule has 0 saturated carbocycles. The average Bonchev–Trinajstić information content (AvgIpc) is 2.83. The van der Waals surface area contributed by atoms with E-state index in [1.807, 2.05) is 6.20 Å². The third kappa shape index (κ3) is 4.60. The lowest BCUT2D eigenvalue weighted by Gasteiger charge is -2.26. The fraction of sp³-hybridized carbons (Fsp3) is 0.769. The molecule has 1 N–H and O–H groups in total. The topological polar surface area (TPSA) is 24.9 Å². The maximum absolute atomic E-state index is 4.41. The lowest BCUT2D eigenvalue weighted by Crippen LogP contribution is -2.33. The molecule has 2 rings (SSSR count). The fourth-order valence-electron chi connectivity index (χ4n) is 2.48. The van der Waals surface area contributed by atoms with Crippen molar-refractivity contribution in [3.8, 4) is 0 Å². The van der Waals surface area contributed by atoms with Crippen LogP contribution in [0.15, 0.2) is 11.6 Å². The Balaban J connectivity index is 1.83. The van der Waals surface area contributed by atoms with Crippen LogP contribution in [0.25, 0.3) is 0 Å². The summed E-state index contributed by atoms with van der Waals surface area (Å²) in [6.07, 6.45) is 7.16. The minimum Gasteiger partial charge on any atom is -0.314 e. The first kappa shape index (κ1) is 13.4. The maximum atomic E-state index is 4.41. The third-order valence-corrected chi connectivity index (χ3v) is 5.21. The molecule has 0 aromatic carbocycles. The predicted molar refractivity (Wildman–Crippen MR) is 77.9 cm³/mol. The van der Waals surface area contributed by atoms with Crippen molar-refractivity contribution < 1.29 is 0 Å². The lowest BCUT2D eigenvalue weighted by atomic mass is 9.93. The minimum atomic E-state index is 0.624. The smallest absolute Gasteiger partial charge is 0.0940 e. The molecular weight excluding hydrogens is 248 g/mol. The maximum Gasteiger partial charge on any atom is 0.0940 e. The van der Waals surface area contributed by atoms with Crippen LogP contribution in [0.4, 0.5) is 0 Å². The van der Waals surface area contributed by atoms with Gasteiger partial charge in [0.15, 0.2) is 0 Å². The Kier molecular flexibility index (Phi) is 5.81. The van der Waals surface area contributed by atoms with E-state index in [1.54, 1.807) is 11.3 Å². The van der Waals surface area contributed by atoms with E-state index in [0.717, 1.165) is 18.9 Å². The Morgan fingerprint density at radius 1 is 1.47 bits per heavy atom. The Hall–Kier alpha value is -0.0600. The Labute approximate surface area is 113 Å². The molecule has 0 aliphatic carbocycles. The molecule has 1 aromatic heterocycles. The zero-order valence-corrected chi connectivity index (χ0v) is 12.2. The second-order valence-corrected chi connectivity index (χ2v) is 6.88. The van der Waals surface area contributed by atoms with E-state index in [9.17, 15) is 0 Å². The number of hydrogen-bond donors (Lipinski definition) is 1. The minimum absolute atomic E-state index is 0.624. The first-order valence-corrected chi connectivity index (χ1v) is 8.61. The van der Waals surface area contributed by atoms with Gasteiger partial charge in [0.25, 0.3) is 0 Å². The highest BCUT2D eigenvalue weighted by Gasteiger charge is 2.19. The Morgan fingerprint density at radius 3 is 2.94 bits per heavy atom. The number of thiazole rings is 1. The summed E-state index contributed by atoms with van der Waals surface area (Å²) in [6, 6.07) is 0.624. The van der Waals surface area contributed by atoms with Crippen molar-refractivity contribution in [2.24, 2.45) is 5.92 Å². The van der Waals surface area contributed by atoms with Crippen LogP contribution in [0.1, 0.15) is 31.2 Å². The van der Waals surface area contributed by atoms with Gasteiger partial charge in [-0.1, -0.05) is 6.92 Å². The Morgan fingerprint density at radius 2 is 2.29 bits per heavy atom. The van der Waals surface area contributed by atoms with Crippen molar-refractivity contribution in [2.75, 3.05) is 18.1 Å². The first-order valence-electron chi connectivity index (χ1n) is 6.58. The van der Waals surface area contributed by atoms with Gasteiger partial charge in [-0.05, 0) is 43.2 Å². The number of aromatic nitrogens is 1. The highest BCUT2D eigenvalue weighted by Crippen LogP contribution is 2.27. The van der Waals surface area contributed by atoms with Crippen LogP contribution in [0.5, 0.6) is 0 Å². The molecule has 96 valence electrons. The molecule has 1 fully saturated rings. The summed E-state index contributed by atoms with van der Waals surface area (Å²) in [7, 11) is 0. The highest BCUT2D eigenvalue weighted by atomic mass is 32.2. The van der Waals surface area contributed by atoms with Gasteiger partial charge in [-0.15, -0.1) is 11.3 Å². The standard InChI is InChI=1S/C13H22N2S2/c1-2-14-12(10-13-15-5-8-17-13)9-11-3-6-16-7-4-11/h5,8,11-12,14H,2-4,6-7,9-10H2,1H3. The van der Waals surface area contributed by atoms with Gasteiger partial charge >= 0.3 is 0 Å². The number of nitrogens with one attached hydrogen (secondary N) is 1. The van der Waals surface area contributed by atoms with Crippen LogP contribution in [0, 0.1) is 5.92 Å². The molecule has 1 aliphatic rings. The predicted octanol–water partition coefficient (Wildman–Crippen LogP) is 3.20. The van der Waals surface area contributed by atoms with E-state index in [0.29, 0.717) is 6.04 Å². The van der Waals surface area contributed by atoms with Gasteiger partial charge in [0.1, 0.15) is 0 Å². The number of likely N-dealkylation sites (N-methyl/N-ethyl adjacent to an activating group) is 1. The van der Waals surface area contributed by atoms with Crippen molar-refractivity contribution in [2.45, 2.75) is 38.6 Å². The van der Waals surface area contributed by atoms with Gasteiger partial charge in [-0.3, -0.25) is 0 Å². The summed E-state index contributed by atoms with van der Waals surface area (Å²) >= 11 is 3.90. The molecule has 0 amide bonds. The number of thioether (sulfide) groups is 1. The van der Waals surface area contributed by atoms with E-state index in [4.69, 9.17) is 0 Å². The van der Waals surface area contributed by atoms with Crippen molar-refractivity contribution in [3.05, 3.63) is 16.6 Å². The summed E-state index contributed by atoms with van der Waals surface area (Å²) in [4.78, 5) is 4.41. The van der Waals surface area contributed by atoms with Gasteiger partial charge in [0.05, 0.1) is 5.01 Å². The molecule has 0 spiro atoms. The quantitative estimate of drug-likeness (QED) is 0.859. The molecule has 0 bridgehead atoms. The highest BCUT2D eigenvalue weighted by molar-refractivity contribution is 7.99. The molecule has 4 heteroatoms. The van der Waals surface area contributed by atoms with E-state index < -0.39 is 0 Å². The molecule has 2 heterocycles. The Bertz CT molecular complexity index is 294. The fourth-order valence-corrected chi connectivity index (χ4v) is 4.38. The number of nitrogens with zero attached hydrogens (tertiary/aromatic N) is 1.